The lowest BCUT2D eigenvalue weighted by atomic mass is 9.83. The van der Waals surface area contributed by atoms with Crippen molar-refractivity contribution in [1.29, 1.82) is 0 Å². The van der Waals surface area contributed by atoms with E-state index in [1.165, 1.54) is 0 Å². The molecule has 1 atom stereocenters. The van der Waals surface area contributed by atoms with Crippen LogP contribution in [0.4, 0.5) is 0 Å². The van der Waals surface area contributed by atoms with Gasteiger partial charge in [-0.15, -0.1) is 13.2 Å². The Bertz CT molecular complexity index is 870. The molecule has 0 aliphatic rings. The van der Waals surface area contributed by atoms with Crippen LogP contribution in [0, 0.1) is 0 Å². The maximum Gasteiger partial charge on any atom is 0.318 e. The van der Waals surface area contributed by atoms with Crippen molar-refractivity contribution in [3.63, 3.8) is 0 Å². The van der Waals surface area contributed by atoms with Crippen LogP contribution in [0.15, 0.2) is 49.6 Å². The molecule has 4 heteroatoms. The summed E-state index contributed by atoms with van der Waals surface area (Å²) in [6.45, 7) is 20.0. The van der Waals surface area contributed by atoms with Gasteiger partial charge in [0.2, 0.25) is 0 Å². The molecule has 1 unspecified atom stereocenters. The fourth-order valence-corrected chi connectivity index (χ4v) is 3.28. The summed E-state index contributed by atoms with van der Waals surface area (Å²) >= 11 is 0. The standard InChI is InChI=1S/C24H32O4.C2H4/c1-8-17(15-9-11-20(25)18(13-15)23(2,3)4)22(27)28-16-10-12-21(26)19(14-16)24(5,6)7;1-2/h9-14,17,25-26H,8H2,1-7H3;1-2H2. The monoisotopic (exact) mass is 412 g/mol. The largest absolute Gasteiger partial charge is 0.508 e. The Labute approximate surface area is 181 Å². The molecule has 4 nitrogen and oxygen atoms in total. The molecule has 0 amide bonds. The molecule has 2 rings (SSSR count). The summed E-state index contributed by atoms with van der Waals surface area (Å²) in [5, 5.41) is 20.3. The van der Waals surface area contributed by atoms with Crippen molar-refractivity contribution in [3.8, 4) is 17.2 Å². The van der Waals surface area contributed by atoms with E-state index in [2.05, 4.69) is 13.2 Å². The van der Waals surface area contributed by atoms with Crippen LogP contribution >= 0.6 is 0 Å². The summed E-state index contributed by atoms with van der Waals surface area (Å²) in [5.41, 5.74) is 1.85. The van der Waals surface area contributed by atoms with Crippen molar-refractivity contribution < 1.29 is 19.7 Å². The lowest BCUT2D eigenvalue weighted by Gasteiger charge is -2.23. The number of hydrogen-bond acceptors (Lipinski definition) is 4. The summed E-state index contributed by atoms with van der Waals surface area (Å²) in [5.74, 6) is 0.0497. The van der Waals surface area contributed by atoms with Crippen LogP contribution in [0.5, 0.6) is 17.2 Å². The van der Waals surface area contributed by atoms with Crippen molar-refractivity contribution in [3.05, 3.63) is 66.2 Å². The second-order valence-electron chi connectivity index (χ2n) is 9.34. The van der Waals surface area contributed by atoms with Gasteiger partial charge in [-0.25, -0.2) is 0 Å². The zero-order valence-corrected chi connectivity index (χ0v) is 19.4. The first kappa shape index (κ1) is 25.3. The summed E-state index contributed by atoms with van der Waals surface area (Å²) in [6, 6.07) is 10.2. The van der Waals surface area contributed by atoms with E-state index in [1.807, 2.05) is 54.5 Å². The summed E-state index contributed by atoms with van der Waals surface area (Å²) in [4.78, 5) is 12.9. The Hall–Kier alpha value is -2.75. The molecule has 0 saturated heterocycles. The fraction of sp³-hybridized carbons (Fsp3) is 0.423. The van der Waals surface area contributed by atoms with Gasteiger partial charge in [-0.2, -0.15) is 0 Å². The highest BCUT2D eigenvalue weighted by Gasteiger charge is 2.26. The van der Waals surface area contributed by atoms with Gasteiger partial charge in [-0.1, -0.05) is 60.6 Å². The molecule has 0 heterocycles. The smallest absolute Gasteiger partial charge is 0.318 e. The van der Waals surface area contributed by atoms with Gasteiger partial charge in [-0.3, -0.25) is 4.79 Å². The first-order valence-electron chi connectivity index (χ1n) is 10.2. The van der Waals surface area contributed by atoms with Gasteiger partial charge in [0, 0.05) is 5.56 Å². The van der Waals surface area contributed by atoms with Crippen LogP contribution in [0.1, 0.15) is 77.5 Å². The number of phenols is 2. The second-order valence-corrected chi connectivity index (χ2v) is 9.34. The van der Waals surface area contributed by atoms with E-state index in [9.17, 15) is 15.0 Å². The number of phenolic OH excluding ortho intramolecular Hbond substituents is 2. The minimum absolute atomic E-state index is 0.188. The van der Waals surface area contributed by atoms with Crippen LogP contribution in [0.2, 0.25) is 0 Å². The maximum atomic E-state index is 12.9. The number of carbonyl (C=O) groups excluding carboxylic acids is 1. The number of ether oxygens (including phenoxy) is 1. The molecule has 2 aromatic rings. The molecule has 0 bridgehead atoms. The van der Waals surface area contributed by atoms with Gasteiger partial charge in [0.1, 0.15) is 17.2 Å². The van der Waals surface area contributed by atoms with Crippen molar-refractivity contribution in [2.75, 3.05) is 0 Å². The average Bonchev–Trinajstić information content (AvgIpc) is 2.65. The van der Waals surface area contributed by atoms with Gasteiger partial charge in [0.15, 0.2) is 0 Å². The molecule has 30 heavy (non-hydrogen) atoms. The van der Waals surface area contributed by atoms with Gasteiger partial charge in [0.25, 0.3) is 0 Å². The van der Waals surface area contributed by atoms with Crippen molar-refractivity contribution in [1.82, 2.24) is 0 Å². The molecule has 0 saturated carbocycles. The van der Waals surface area contributed by atoms with Gasteiger partial charge in [0.05, 0.1) is 5.92 Å². The van der Waals surface area contributed by atoms with Crippen molar-refractivity contribution in [2.45, 2.75) is 71.6 Å². The third-order valence-corrected chi connectivity index (χ3v) is 4.92. The molecule has 0 fully saturated rings. The Balaban J connectivity index is 0.00000218. The molecule has 0 spiro atoms. The lowest BCUT2D eigenvalue weighted by molar-refractivity contribution is -0.136. The topological polar surface area (TPSA) is 66.8 Å². The summed E-state index contributed by atoms with van der Waals surface area (Å²) < 4.78 is 5.66. The quantitative estimate of drug-likeness (QED) is 0.337. The van der Waals surface area contributed by atoms with Crippen molar-refractivity contribution >= 4 is 5.97 Å². The second kappa shape index (κ2) is 9.84. The molecule has 0 radical (unpaired) electrons. The van der Waals surface area contributed by atoms with E-state index in [0.717, 1.165) is 16.7 Å². The first-order chi connectivity index (χ1) is 13.8. The fourth-order valence-electron chi connectivity index (χ4n) is 3.28. The molecule has 164 valence electrons. The minimum atomic E-state index is -0.436. The highest BCUT2D eigenvalue weighted by atomic mass is 16.5. The molecule has 2 aromatic carbocycles. The van der Waals surface area contributed by atoms with Gasteiger partial charge >= 0.3 is 5.97 Å². The van der Waals surface area contributed by atoms with E-state index >= 15 is 0 Å². The predicted molar refractivity (Wildman–Crippen MR) is 124 cm³/mol. The highest BCUT2D eigenvalue weighted by molar-refractivity contribution is 5.80. The number of benzene rings is 2. The number of esters is 1. The Morgan fingerprint density at radius 1 is 0.900 bits per heavy atom. The number of hydrogen-bond donors (Lipinski definition) is 2. The van der Waals surface area contributed by atoms with E-state index in [-0.39, 0.29) is 28.3 Å². The Kier molecular flexibility index (Phi) is 8.29. The summed E-state index contributed by atoms with van der Waals surface area (Å²) in [7, 11) is 0. The maximum absolute atomic E-state index is 12.9. The summed E-state index contributed by atoms with van der Waals surface area (Å²) in [6.07, 6.45) is 0.581. The SMILES string of the molecule is C=C.CCC(C(=O)Oc1ccc(O)c(C(C)(C)C)c1)c1ccc(O)c(C(C)(C)C)c1. The number of rotatable bonds is 4. The van der Waals surface area contributed by atoms with E-state index < -0.39 is 5.92 Å². The molecular weight excluding hydrogens is 376 g/mol. The van der Waals surface area contributed by atoms with Crippen LogP contribution in [0.25, 0.3) is 0 Å². The van der Waals surface area contributed by atoms with Crippen LogP contribution in [-0.2, 0) is 15.6 Å². The molecule has 0 aromatic heterocycles. The van der Waals surface area contributed by atoms with Crippen LogP contribution in [0.3, 0.4) is 0 Å². The lowest BCUT2D eigenvalue weighted by Crippen LogP contribution is -2.20. The molecular formula is C26H36O4. The highest BCUT2D eigenvalue weighted by Crippen LogP contribution is 2.36. The van der Waals surface area contributed by atoms with E-state index in [1.54, 1.807) is 30.3 Å². The Morgan fingerprint density at radius 2 is 1.37 bits per heavy atom. The normalized spacial score (nSPS) is 12.5. The zero-order valence-electron chi connectivity index (χ0n) is 19.4. The predicted octanol–water partition coefficient (Wildman–Crippen LogP) is 6.59. The molecule has 2 N–H and O–H groups in total. The average molecular weight is 413 g/mol. The van der Waals surface area contributed by atoms with Gasteiger partial charge in [-0.05, 0) is 52.6 Å². The number of aromatic hydroxyl groups is 2. The van der Waals surface area contributed by atoms with E-state index in [4.69, 9.17) is 4.74 Å². The molecule has 0 aliphatic heterocycles. The first-order valence-corrected chi connectivity index (χ1v) is 10.2. The van der Waals surface area contributed by atoms with Crippen molar-refractivity contribution in [2.24, 2.45) is 0 Å². The minimum Gasteiger partial charge on any atom is -0.508 e. The van der Waals surface area contributed by atoms with Crippen LogP contribution in [-0.4, -0.2) is 16.2 Å². The van der Waals surface area contributed by atoms with Crippen LogP contribution < -0.4 is 4.74 Å². The number of carbonyl (C=O) groups is 1. The molecule has 0 aliphatic carbocycles. The third-order valence-electron chi connectivity index (χ3n) is 4.92. The van der Waals surface area contributed by atoms with E-state index in [0.29, 0.717) is 12.2 Å². The Morgan fingerprint density at radius 3 is 1.83 bits per heavy atom. The zero-order chi connectivity index (χ0) is 23.3. The van der Waals surface area contributed by atoms with Gasteiger partial charge < -0.3 is 14.9 Å². The third kappa shape index (κ3) is 6.12.